The van der Waals surface area contributed by atoms with E-state index in [0.29, 0.717) is 13.2 Å². The van der Waals surface area contributed by atoms with Gasteiger partial charge in [-0.2, -0.15) is 0 Å². The first kappa shape index (κ1) is 22.9. The topological polar surface area (TPSA) is 18.5 Å². The molecule has 0 saturated heterocycles. The molecule has 0 atom stereocenters. The Morgan fingerprint density at radius 3 is 1.82 bits per heavy atom. The highest BCUT2D eigenvalue weighted by molar-refractivity contribution is 5.84. The van der Waals surface area contributed by atoms with Gasteiger partial charge in [0.2, 0.25) is 0 Å². The molecule has 5 aromatic rings. The van der Waals surface area contributed by atoms with Crippen molar-refractivity contribution in [3.8, 4) is 22.6 Å². The molecule has 0 unspecified atom stereocenters. The molecule has 0 amide bonds. The van der Waals surface area contributed by atoms with Gasteiger partial charge in [-0.25, -0.2) is 0 Å². The van der Waals surface area contributed by atoms with Crippen LogP contribution in [0.4, 0.5) is 0 Å². The maximum absolute atomic E-state index is 6.61. The predicted octanol–water partition coefficient (Wildman–Crippen LogP) is 8.50. The number of benzene rings is 5. The van der Waals surface area contributed by atoms with Gasteiger partial charge in [0.25, 0.3) is 0 Å². The van der Waals surface area contributed by atoms with Crippen LogP contribution < -0.4 is 9.47 Å². The van der Waals surface area contributed by atoms with Crippen molar-refractivity contribution in [2.75, 3.05) is 0 Å². The van der Waals surface area contributed by atoms with E-state index in [1.165, 1.54) is 46.2 Å². The summed E-state index contributed by atoms with van der Waals surface area (Å²) in [6.45, 7) is 1.01. The molecule has 2 heteroatoms. The summed E-state index contributed by atoms with van der Waals surface area (Å²) in [5.41, 5.74) is 10.4. The van der Waals surface area contributed by atoms with Crippen molar-refractivity contribution in [2.24, 2.45) is 0 Å². The van der Waals surface area contributed by atoms with Crippen LogP contribution in [-0.4, -0.2) is 0 Å². The molecule has 0 bridgehead atoms. The van der Waals surface area contributed by atoms with E-state index in [4.69, 9.17) is 9.47 Å². The molecule has 2 aliphatic carbocycles. The van der Waals surface area contributed by atoms with Gasteiger partial charge in [0.05, 0.1) is 0 Å². The summed E-state index contributed by atoms with van der Waals surface area (Å²) >= 11 is 0. The van der Waals surface area contributed by atoms with Crippen LogP contribution in [0.1, 0.15) is 46.2 Å². The Bertz CT molecular complexity index is 1570. The molecular weight excluding hydrogens is 464 g/mol. The zero-order valence-electron chi connectivity index (χ0n) is 21.4. The summed E-state index contributed by atoms with van der Waals surface area (Å²) in [6, 6.07) is 43.1. The average Bonchev–Trinajstić information content (AvgIpc) is 3.71. The van der Waals surface area contributed by atoms with Crippen molar-refractivity contribution in [1.29, 1.82) is 0 Å². The summed E-state index contributed by atoms with van der Waals surface area (Å²) in [5.74, 6) is 1.65. The van der Waals surface area contributed by atoms with Gasteiger partial charge in [-0.3, -0.25) is 0 Å². The molecule has 0 heterocycles. The van der Waals surface area contributed by atoms with Crippen molar-refractivity contribution in [3.63, 3.8) is 0 Å². The largest absolute Gasteiger partial charge is 0.485 e. The molecule has 186 valence electrons. The quantitative estimate of drug-likeness (QED) is 0.211. The lowest BCUT2D eigenvalue weighted by Gasteiger charge is -2.20. The van der Waals surface area contributed by atoms with Gasteiger partial charge in [-0.05, 0) is 70.3 Å². The van der Waals surface area contributed by atoms with Crippen molar-refractivity contribution in [1.82, 2.24) is 0 Å². The molecule has 1 fully saturated rings. The highest BCUT2D eigenvalue weighted by atomic mass is 16.5. The third-order valence-corrected chi connectivity index (χ3v) is 8.06. The molecule has 0 radical (unpaired) electrons. The van der Waals surface area contributed by atoms with Crippen molar-refractivity contribution < 1.29 is 9.47 Å². The zero-order chi connectivity index (χ0) is 25.4. The number of hydrogen-bond acceptors (Lipinski definition) is 2. The minimum Gasteiger partial charge on any atom is -0.485 e. The number of hydrogen-bond donors (Lipinski definition) is 0. The molecule has 2 nitrogen and oxygen atoms in total. The van der Waals surface area contributed by atoms with Crippen LogP contribution in [0.15, 0.2) is 121 Å². The van der Waals surface area contributed by atoms with Crippen molar-refractivity contribution in [2.45, 2.75) is 37.9 Å². The highest BCUT2D eigenvalue weighted by Gasteiger charge is 2.46. The minimum atomic E-state index is 0.130. The maximum Gasteiger partial charge on any atom is 0.169 e. The van der Waals surface area contributed by atoms with Gasteiger partial charge in [0, 0.05) is 11.0 Å². The molecule has 2 aliphatic rings. The summed E-state index contributed by atoms with van der Waals surface area (Å²) < 4.78 is 13.0. The minimum absolute atomic E-state index is 0.130. The Hall–Kier alpha value is -4.30. The van der Waals surface area contributed by atoms with Gasteiger partial charge in [-0.1, -0.05) is 109 Å². The normalized spacial score (nSPS) is 14.4. The molecule has 38 heavy (non-hydrogen) atoms. The van der Waals surface area contributed by atoms with E-state index in [1.807, 2.05) is 24.3 Å². The molecular formula is C36H30O2. The molecule has 0 N–H and O–H groups in total. The Morgan fingerprint density at radius 2 is 1.16 bits per heavy atom. The van der Waals surface area contributed by atoms with Crippen molar-refractivity contribution >= 4 is 0 Å². The summed E-state index contributed by atoms with van der Waals surface area (Å²) in [7, 11) is 0. The molecule has 0 aliphatic heterocycles. The van der Waals surface area contributed by atoms with E-state index in [2.05, 4.69) is 97.1 Å². The first-order valence-electron chi connectivity index (χ1n) is 13.5. The third kappa shape index (κ3) is 4.16. The van der Waals surface area contributed by atoms with E-state index in [9.17, 15) is 0 Å². The van der Waals surface area contributed by atoms with Gasteiger partial charge in [0.15, 0.2) is 11.5 Å². The number of ether oxygens (including phenoxy) is 2. The Balaban J connectivity index is 1.29. The monoisotopic (exact) mass is 494 g/mol. The lowest BCUT2D eigenvalue weighted by atomic mass is 9.86. The van der Waals surface area contributed by atoms with Gasteiger partial charge in [0.1, 0.15) is 13.2 Å². The van der Waals surface area contributed by atoms with Crippen molar-refractivity contribution in [3.05, 3.63) is 155 Å². The summed E-state index contributed by atoms with van der Waals surface area (Å²) in [4.78, 5) is 0. The lowest BCUT2D eigenvalue weighted by Crippen LogP contribution is -2.08. The van der Waals surface area contributed by atoms with E-state index in [1.54, 1.807) is 0 Å². The van der Waals surface area contributed by atoms with Crippen LogP contribution in [0.2, 0.25) is 0 Å². The first-order valence-corrected chi connectivity index (χ1v) is 13.5. The standard InChI is InChI=1S/C36H30O2/c1-4-10-26(11-5-1)24-37-33-19-17-29-22-28-16-18-31(36(20-21-36)30-14-8-3-9-15-30)23-32(28)34(29)35(33)38-25-27-12-6-2-7-13-27/h1-19,23H,20-22,24-25H2. The fourth-order valence-corrected chi connectivity index (χ4v) is 5.86. The maximum atomic E-state index is 6.61. The van der Waals surface area contributed by atoms with E-state index in [-0.39, 0.29) is 5.41 Å². The number of rotatable bonds is 8. The summed E-state index contributed by atoms with van der Waals surface area (Å²) in [5, 5.41) is 0. The third-order valence-electron chi connectivity index (χ3n) is 8.06. The second-order valence-corrected chi connectivity index (χ2v) is 10.5. The lowest BCUT2D eigenvalue weighted by molar-refractivity contribution is 0.257. The van der Waals surface area contributed by atoms with E-state index in [0.717, 1.165) is 29.0 Å². The Morgan fingerprint density at radius 1 is 0.553 bits per heavy atom. The Kier molecular flexibility index (Phi) is 5.74. The Labute approximate surface area is 224 Å². The smallest absolute Gasteiger partial charge is 0.169 e. The average molecular weight is 495 g/mol. The van der Waals surface area contributed by atoms with Crippen LogP contribution in [0.25, 0.3) is 11.1 Å². The van der Waals surface area contributed by atoms with E-state index >= 15 is 0 Å². The highest BCUT2D eigenvalue weighted by Crippen LogP contribution is 2.56. The van der Waals surface area contributed by atoms with Crippen LogP contribution in [0.3, 0.4) is 0 Å². The van der Waals surface area contributed by atoms with E-state index < -0.39 is 0 Å². The van der Waals surface area contributed by atoms with Gasteiger partial charge in [-0.15, -0.1) is 0 Å². The SMILES string of the molecule is c1ccc(COc2ccc3c(c2OCc2ccccc2)-c2cc(C4(c5ccccc5)CC4)ccc2C3)cc1. The second-order valence-electron chi connectivity index (χ2n) is 10.5. The second kappa shape index (κ2) is 9.54. The number of fused-ring (bicyclic) bond motifs is 3. The molecule has 0 spiro atoms. The van der Waals surface area contributed by atoms with Crippen LogP contribution in [-0.2, 0) is 25.0 Å². The molecule has 0 aromatic heterocycles. The van der Waals surface area contributed by atoms with Gasteiger partial charge >= 0.3 is 0 Å². The molecule has 7 rings (SSSR count). The van der Waals surface area contributed by atoms with Crippen LogP contribution in [0.5, 0.6) is 11.5 Å². The fraction of sp³-hybridized carbons (Fsp3) is 0.167. The fourth-order valence-electron chi connectivity index (χ4n) is 5.86. The van der Waals surface area contributed by atoms with Crippen LogP contribution in [0, 0.1) is 0 Å². The zero-order valence-corrected chi connectivity index (χ0v) is 21.4. The predicted molar refractivity (Wildman–Crippen MR) is 153 cm³/mol. The first-order chi connectivity index (χ1) is 18.8. The summed E-state index contributed by atoms with van der Waals surface area (Å²) in [6.07, 6.45) is 3.31. The van der Waals surface area contributed by atoms with Gasteiger partial charge < -0.3 is 9.47 Å². The molecule has 1 saturated carbocycles. The van der Waals surface area contributed by atoms with Crippen LogP contribution >= 0.6 is 0 Å². The molecule has 5 aromatic carbocycles.